The quantitative estimate of drug-likeness (QED) is 0.295. The van der Waals surface area contributed by atoms with Crippen LogP contribution < -0.4 is 0 Å². The fourth-order valence-corrected chi connectivity index (χ4v) is 8.25. The SMILES string of the molecule is CC(C)CC=C[C@@H](C)[C@H]1CC[C@H]2[C@@H]3CCC4=CC(=NO)CC[C@]4(C)[C@H]3CC[C@]12C. The maximum atomic E-state index is 9.27. The third-order valence-electron chi connectivity index (χ3n) is 9.86. The third-order valence-corrected chi connectivity index (χ3v) is 9.86. The summed E-state index contributed by atoms with van der Waals surface area (Å²) in [4.78, 5) is 0. The predicted octanol–water partition coefficient (Wildman–Crippen LogP) is 7.63. The lowest BCUT2D eigenvalue weighted by Gasteiger charge is -2.58. The van der Waals surface area contributed by atoms with Crippen LogP contribution in [0.1, 0.15) is 92.4 Å². The van der Waals surface area contributed by atoms with Gasteiger partial charge in [-0.15, -0.1) is 0 Å². The van der Waals surface area contributed by atoms with Crippen molar-refractivity contribution in [1.29, 1.82) is 0 Å². The fraction of sp³-hybridized carbons (Fsp3) is 0.815. The highest BCUT2D eigenvalue weighted by Gasteiger charge is 2.59. The molecule has 0 aromatic heterocycles. The van der Waals surface area contributed by atoms with Gasteiger partial charge in [0.1, 0.15) is 0 Å². The molecular weight excluding hydrogens is 354 g/mol. The number of hydrogen-bond acceptors (Lipinski definition) is 2. The molecule has 4 rings (SSSR count). The molecule has 0 unspecified atom stereocenters. The molecule has 0 spiro atoms. The first-order chi connectivity index (χ1) is 13.8. The van der Waals surface area contributed by atoms with Crippen LogP contribution in [0.15, 0.2) is 29.0 Å². The van der Waals surface area contributed by atoms with Crippen molar-refractivity contribution in [2.75, 3.05) is 0 Å². The first-order valence-corrected chi connectivity index (χ1v) is 12.4. The molecule has 0 aliphatic heterocycles. The van der Waals surface area contributed by atoms with Crippen LogP contribution in [0.3, 0.4) is 0 Å². The molecule has 2 nitrogen and oxygen atoms in total. The smallest absolute Gasteiger partial charge is 0.0795 e. The number of allylic oxidation sites excluding steroid dienone is 4. The average molecular weight is 398 g/mol. The molecule has 4 aliphatic rings. The number of fused-ring (bicyclic) bond motifs is 5. The summed E-state index contributed by atoms with van der Waals surface area (Å²) in [6, 6.07) is 0. The van der Waals surface area contributed by atoms with Crippen LogP contribution >= 0.6 is 0 Å². The second-order valence-electron chi connectivity index (χ2n) is 11.7. The second kappa shape index (κ2) is 7.89. The van der Waals surface area contributed by atoms with Gasteiger partial charge < -0.3 is 5.21 Å². The molecule has 2 heteroatoms. The molecule has 0 aromatic rings. The number of rotatable bonds is 4. The largest absolute Gasteiger partial charge is 0.411 e. The van der Waals surface area contributed by atoms with E-state index in [1.165, 1.54) is 51.4 Å². The van der Waals surface area contributed by atoms with Crippen molar-refractivity contribution in [3.05, 3.63) is 23.8 Å². The van der Waals surface area contributed by atoms with Gasteiger partial charge in [-0.2, -0.15) is 0 Å². The van der Waals surface area contributed by atoms with Gasteiger partial charge in [0, 0.05) is 0 Å². The van der Waals surface area contributed by atoms with Crippen molar-refractivity contribution in [2.45, 2.75) is 92.4 Å². The Balaban J connectivity index is 1.53. The standard InChI is InChI=1S/C27H43NO/c1-18(2)7-6-8-19(3)23-11-12-24-22-10-9-20-17-21(28-29)13-15-26(20,4)25(22)14-16-27(23,24)5/h6,8,17-19,22-25,29H,7,9-16H2,1-5H3/t19-,22+,23-,24+,25+,26+,27-/m1/s1. The van der Waals surface area contributed by atoms with Crippen molar-refractivity contribution in [2.24, 2.45) is 51.5 Å². The van der Waals surface area contributed by atoms with Gasteiger partial charge in [-0.1, -0.05) is 57.5 Å². The fourth-order valence-electron chi connectivity index (χ4n) is 8.25. The van der Waals surface area contributed by atoms with E-state index in [9.17, 15) is 5.21 Å². The summed E-state index contributed by atoms with van der Waals surface area (Å²) in [5.41, 5.74) is 3.37. The van der Waals surface area contributed by atoms with E-state index in [4.69, 9.17) is 0 Å². The zero-order chi connectivity index (χ0) is 20.8. The van der Waals surface area contributed by atoms with E-state index in [1.54, 1.807) is 5.57 Å². The Morgan fingerprint density at radius 3 is 2.59 bits per heavy atom. The molecule has 0 aromatic carbocycles. The lowest BCUT2D eigenvalue weighted by Crippen LogP contribution is -2.50. The van der Waals surface area contributed by atoms with Gasteiger partial charge in [-0.25, -0.2) is 0 Å². The highest BCUT2D eigenvalue weighted by molar-refractivity contribution is 5.96. The van der Waals surface area contributed by atoms with Gasteiger partial charge in [0.15, 0.2) is 0 Å². The normalized spacial score (nSPS) is 44.5. The molecular formula is C27H43NO. The summed E-state index contributed by atoms with van der Waals surface area (Å²) in [5, 5.41) is 12.8. The van der Waals surface area contributed by atoms with Gasteiger partial charge >= 0.3 is 0 Å². The predicted molar refractivity (Wildman–Crippen MR) is 122 cm³/mol. The zero-order valence-corrected chi connectivity index (χ0v) is 19.5. The summed E-state index contributed by atoms with van der Waals surface area (Å²) in [5.74, 6) is 5.00. The topological polar surface area (TPSA) is 32.6 Å². The van der Waals surface area contributed by atoms with Gasteiger partial charge in [0.05, 0.1) is 5.71 Å². The lowest BCUT2D eigenvalue weighted by molar-refractivity contribution is -0.0538. The summed E-state index contributed by atoms with van der Waals surface area (Å²) in [6.45, 7) is 12.3. The summed E-state index contributed by atoms with van der Waals surface area (Å²) >= 11 is 0. The van der Waals surface area contributed by atoms with Crippen LogP contribution in [0.25, 0.3) is 0 Å². The Bertz CT molecular complexity index is 703. The van der Waals surface area contributed by atoms with E-state index in [2.05, 4.69) is 58.0 Å². The van der Waals surface area contributed by atoms with E-state index >= 15 is 0 Å². The van der Waals surface area contributed by atoms with E-state index in [0.717, 1.165) is 41.7 Å². The molecule has 3 saturated carbocycles. The maximum absolute atomic E-state index is 9.27. The monoisotopic (exact) mass is 397 g/mol. The van der Waals surface area contributed by atoms with E-state index in [1.807, 2.05) is 0 Å². The van der Waals surface area contributed by atoms with Crippen LogP contribution in [0.2, 0.25) is 0 Å². The van der Waals surface area contributed by atoms with Gasteiger partial charge in [-0.05, 0) is 110 Å². The molecule has 0 amide bonds. The van der Waals surface area contributed by atoms with Crippen LogP contribution in [0.5, 0.6) is 0 Å². The molecule has 162 valence electrons. The molecule has 0 bridgehead atoms. The maximum Gasteiger partial charge on any atom is 0.0795 e. The number of hydrogen-bond donors (Lipinski definition) is 1. The number of oxime groups is 1. The Kier molecular flexibility index (Phi) is 5.77. The van der Waals surface area contributed by atoms with Gasteiger partial charge in [0.25, 0.3) is 0 Å². The van der Waals surface area contributed by atoms with Crippen LogP contribution in [-0.4, -0.2) is 10.9 Å². The first-order valence-electron chi connectivity index (χ1n) is 12.4. The minimum Gasteiger partial charge on any atom is -0.411 e. The summed E-state index contributed by atoms with van der Waals surface area (Å²) in [6.07, 6.45) is 18.9. The Morgan fingerprint density at radius 1 is 1.07 bits per heavy atom. The van der Waals surface area contributed by atoms with E-state index < -0.39 is 0 Å². The first kappa shape index (κ1) is 21.2. The molecule has 0 heterocycles. The molecule has 4 aliphatic carbocycles. The van der Waals surface area contributed by atoms with Crippen LogP contribution in [-0.2, 0) is 0 Å². The minimum absolute atomic E-state index is 0.347. The molecule has 0 saturated heterocycles. The van der Waals surface area contributed by atoms with E-state index in [0.29, 0.717) is 16.7 Å². The van der Waals surface area contributed by atoms with Crippen molar-refractivity contribution < 1.29 is 5.21 Å². The van der Waals surface area contributed by atoms with Crippen molar-refractivity contribution >= 4 is 5.71 Å². The Labute approximate surface area is 178 Å². The molecule has 7 atom stereocenters. The van der Waals surface area contributed by atoms with Gasteiger partial charge in [-0.3, -0.25) is 0 Å². The second-order valence-corrected chi connectivity index (χ2v) is 11.7. The van der Waals surface area contributed by atoms with Crippen molar-refractivity contribution in [3.8, 4) is 0 Å². The highest BCUT2D eigenvalue weighted by atomic mass is 16.4. The van der Waals surface area contributed by atoms with Crippen LogP contribution in [0.4, 0.5) is 0 Å². The Hall–Kier alpha value is -1.05. The van der Waals surface area contributed by atoms with E-state index in [-0.39, 0.29) is 0 Å². The summed E-state index contributed by atoms with van der Waals surface area (Å²) < 4.78 is 0. The molecule has 29 heavy (non-hydrogen) atoms. The lowest BCUT2D eigenvalue weighted by atomic mass is 9.46. The number of nitrogens with zero attached hydrogens (tertiary/aromatic N) is 1. The third kappa shape index (κ3) is 3.53. The summed E-state index contributed by atoms with van der Waals surface area (Å²) in [7, 11) is 0. The zero-order valence-electron chi connectivity index (χ0n) is 19.5. The Morgan fingerprint density at radius 2 is 1.86 bits per heavy atom. The molecule has 0 radical (unpaired) electrons. The molecule has 1 N–H and O–H groups in total. The van der Waals surface area contributed by atoms with Crippen LogP contribution in [0, 0.1) is 46.3 Å². The van der Waals surface area contributed by atoms with Gasteiger partial charge in [0.2, 0.25) is 0 Å². The highest BCUT2D eigenvalue weighted by Crippen LogP contribution is 2.67. The average Bonchev–Trinajstić information content (AvgIpc) is 3.04. The van der Waals surface area contributed by atoms with Crippen molar-refractivity contribution in [1.82, 2.24) is 0 Å². The minimum atomic E-state index is 0.347. The molecule has 3 fully saturated rings. The van der Waals surface area contributed by atoms with Crippen molar-refractivity contribution in [3.63, 3.8) is 0 Å².